The van der Waals surface area contributed by atoms with Crippen LogP contribution in [0, 0.1) is 12.3 Å². The Hall–Kier alpha value is -4.39. The number of methoxy groups -OCH3 is 2. The monoisotopic (exact) mass is 650 g/mol. The third-order valence-corrected chi connectivity index (χ3v) is 9.91. The predicted octanol–water partition coefficient (Wildman–Crippen LogP) is 7.16. The van der Waals surface area contributed by atoms with Crippen LogP contribution in [0.25, 0.3) is 11.1 Å². The summed E-state index contributed by atoms with van der Waals surface area (Å²) < 4.78 is 120. The maximum Gasteiger partial charge on any atom is 0.416 e. The van der Waals surface area contributed by atoms with E-state index in [0.29, 0.717) is 0 Å². The highest BCUT2D eigenvalue weighted by atomic mass is 32.2. The van der Waals surface area contributed by atoms with E-state index < -0.39 is 68.4 Å². The summed E-state index contributed by atoms with van der Waals surface area (Å²) in [6.45, 7) is 1.72. The summed E-state index contributed by atoms with van der Waals surface area (Å²) in [5.74, 6) is -2.31. The van der Waals surface area contributed by atoms with E-state index in [1.807, 2.05) is 0 Å². The van der Waals surface area contributed by atoms with E-state index in [0.717, 1.165) is 62.2 Å². The Kier molecular flexibility index (Phi) is 7.75. The lowest BCUT2D eigenvalue weighted by Crippen LogP contribution is -2.44. The SMILES string of the molecule is COC(=O)C1(C(=O)OC)CC2=C(c3ccc(C(F)(F)F)cc3)c3cc(C(F)(F)F)ccc3C2=C(S(=O)(=O)c2ccc(C)cc2)C1. The van der Waals surface area contributed by atoms with E-state index in [-0.39, 0.29) is 38.3 Å². The molecule has 6 nitrogen and oxygen atoms in total. The smallest absolute Gasteiger partial charge is 0.416 e. The molecule has 45 heavy (non-hydrogen) atoms. The van der Waals surface area contributed by atoms with E-state index >= 15 is 0 Å². The molecule has 0 heterocycles. The standard InChI is InChI=1S/C32H24F6O6S/c1-17-4-11-21(12-5-17)45(41,42)25-16-30(28(39)43-2,29(40)44-3)15-24-26(18-6-8-19(9-7-18)31(33,34)35)23-14-20(32(36,37)38)10-13-22(23)27(24)25/h4-14H,15-16H2,1-3H3. The van der Waals surface area contributed by atoms with E-state index in [1.165, 1.54) is 24.3 Å². The van der Waals surface area contributed by atoms with Crippen LogP contribution in [-0.2, 0) is 41.3 Å². The Morgan fingerprint density at radius 2 is 1.24 bits per heavy atom. The zero-order valence-electron chi connectivity index (χ0n) is 23.9. The summed E-state index contributed by atoms with van der Waals surface area (Å²) >= 11 is 0. The van der Waals surface area contributed by atoms with Gasteiger partial charge in [0.05, 0.1) is 35.1 Å². The second kappa shape index (κ2) is 10.9. The third kappa shape index (κ3) is 5.32. The van der Waals surface area contributed by atoms with Crippen LogP contribution in [-0.4, -0.2) is 34.6 Å². The van der Waals surface area contributed by atoms with Gasteiger partial charge in [-0.05, 0) is 71.2 Å². The van der Waals surface area contributed by atoms with Crippen LogP contribution in [0.3, 0.4) is 0 Å². The lowest BCUT2D eigenvalue weighted by molar-refractivity contribution is -0.169. The van der Waals surface area contributed by atoms with Crippen LogP contribution in [0.1, 0.15) is 46.2 Å². The molecule has 0 bridgehead atoms. The number of rotatable bonds is 5. The Labute approximate surface area is 253 Å². The fourth-order valence-corrected chi connectivity index (χ4v) is 7.54. The number of sulfone groups is 1. The zero-order chi connectivity index (χ0) is 33.1. The summed E-state index contributed by atoms with van der Waals surface area (Å²) in [4.78, 5) is 26.0. The van der Waals surface area contributed by atoms with Crippen LogP contribution in [0.15, 0.2) is 82.1 Å². The van der Waals surface area contributed by atoms with Gasteiger partial charge in [0.15, 0.2) is 5.41 Å². The Bertz CT molecular complexity index is 1870. The summed E-state index contributed by atoms with van der Waals surface area (Å²) in [5, 5.41) is 0. The van der Waals surface area contributed by atoms with Gasteiger partial charge in [-0.3, -0.25) is 9.59 Å². The minimum absolute atomic E-state index is 0.00573. The van der Waals surface area contributed by atoms with Crippen molar-refractivity contribution in [1.82, 2.24) is 0 Å². The molecule has 2 aliphatic rings. The first-order chi connectivity index (χ1) is 21.0. The van der Waals surface area contributed by atoms with Crippen LogP contribution in [0.5, 0.6) is 0 Å². The summed E-state index contributed by atoms with van der Waals surface area (Å²) in [6.07, 6.45) is -10.9. The van der Waals surface area contributed by atoms with Crippen molar-refractivity contribution in [2.45, 2.75) is 37.0 Å². The molecule has 0 N–H and O–H groups in total. The molecule has 0 unspecified atom stereocenters. The highest BCUT2D eigenvalue weighted by Gasteiger charge is 2.56. The summed E-state index contributed by atoms with van der Waals surface area (Å²) in [7, 11) is -2.59. The second-order valence-electron chi connectivity index (χ2n) is 10.7. The van der Waals surface area contributed by atoms with Gasteiger partial charge in [-0.1, -0.05) is 35.9 Å². The Morgan fingerprint density at radius 3 is 1.76 bits per heavy atom. The second-order valence-corrected chi connectivity index (χ2v) is 12.7. The first kappa shape index (κ1) is 32.0. The zero-order valence-corrected chi connectivity index (χ0v) is 24.7. The normalized spacial score (nSPS) is 16.3. The minimum Gasteiger partial charge on any atom is -0.468 e. The molecule has 0 spiro atoms. The number of benzene rings is 3. The molecular formula is C32H24F6O6S. The van der Waals surface area contributed by atoms with Crippen molar-refractivity contribution < 1.29 is 53.8 Å². The number of hydrogen-bond donors (Lipinski definition) is 0. The maximum atomic E-state index is 14.3. The van der Waals surface area contributed by atoms with E-state index in [4.69, 9.17) is 9.47 Å². The molecule has 13 heteroatoms. The third-order valence-electron chi connectivity index (χ3n) is 8.02. The molecule has 0 aromatic heterocycles. The molecule has 3 aromatic carbocycles. The molecule has 0 radical (unpaired) electrons. The fraction of sp³-hybridized carbons (Fsp3) is 0.250. The number of aryl methyl sites for hydroxylation is 1. The van der Waals surface area contributed by atoms with Crippen LogP contribution in [0.4, 0.5) is 26.3 Å². The molecule has 0 amide bonds. The van der Waals surface area contributed by atoms with Gasteiger partial charge in [-0.25, -0.2) is 8.42 Å². The molecule has 0 saturated heterocycles. The molecule has 0 atom stereocenters. The summed E-state index contributed by atoms with van der Waals surface area (Å²) in [6, 6.07) is 11.8. The molecular weight excluding hydrogens is 626 g/mol. The van der Waals surface area contributed by atoms with Crippen molar-refractivity contribution in [2.75, 3.05) is 14.2 Å². The molecule has 0 fully saturated rings. The highest BCUT2D eigenvalue weighted by Crippen LogP contribution is 2.58. The molecule has 5 rings (SSSR count). The number of hydrogen-bond acceptors (Lipinski definition) is 6. The van der Waals surface area contributed by atoms with Gasteiger partial charge in [0.1, 0.15) is 0 Å². The Morgan fingerprint density at radius 1 is 0.711 bits per heavy atom. The lowest BCUT2D eigenvalue weighted by atomic mass is 9.71. The first-order valence-corrected chi connectivity index (χ1v) is 14.8. The first-order valence-electron chi connectivity index (χ1n) is 13.3. The number of esters is 2. The van der Waals surface area contributed by atoms with Crippen molar-refractivity contribution in [3.05, 3.63) is 111 Å². The van der Waals surface area contributed by atoms with Gasteiger partial charge >= 0.3 is 24.3 Å². The van der Waals surface area contributed by atoms with E-state index in [2.05, 4.69) is 0 Å². The van der Waals surface area contributed by atoms with Crippen molar-refractivity contribution >= 4 is 32.9 Å². The van der Waals surface area contributed by atoms with E-state index in [9.17, 15) is 44.3 Å². The van der Waals surface area contributed by atoms with Crippen LogP contribution in [0.2, 0.25) is 0 Å². The van der Waals surface area contributed by atoms with Crippen molar-refractivity contribution in [2.24, 2.45) is 5.41 Å². The molecule has 0 aliphatic heterocycles. The molecule has 0 saturated carbocycles. The van der Waals surface area contributed by atoms with Gasteiger partial charge in [-0.15, -0.1) is 0 Å². The topological polar surface area (TPSA) is 86.7 Å². The van der Waals surface area contributed by atoms with Crippen molar-refractivity contribution in [1.29, 1.82) is 0 Å². The van der Waals surface area contributed by atoms with Crippen LogP contribution >= 0.6 is 0 Å². The largest absolute Gasteiger partial charge is 0.468 e. The molecule has 2 aliphatic carbocycles. The van der Waals surface area contributed by atoms with Gasteiger partial charge < -0.3 is 9.47 Å². The minimum atomic E-state index is -4.83. The molecule has 236 valence electrons. The number of carbonyl (C=O) groups is 2. The number of alkyl halides is 6. The number of fused-ring (bicyclic) bond motifs is 3. The fourth-order valence-electron chi connectivity index (χ4n) is 5.82. The predicted molar refractivity (Wildman–Crippen MR) is 150 cm³/mol. The van der Waals surface area contributed by atoms with Gasteiger partial charge in [0, 0.05) is 18.4 Å². The van der Waals surface area contributed by atoms with Crippen molar-refractivity contribution in [3.63, 3.8) is 0 Å². The Balaban J connectivity index is 1.93. The van der Waals surface area contributed by atoms with E-state index in [1.54, 1.807) is 6.92 Å². The number of carbonyl (C=O) groups excluding carboxylic acids is 2. The lowest BCUT2D eigenvalue weighted by Gasteiger charge is -2.35. The van der Waals surface area contributed by atoms with Crippen molar-refractivity contribution in [3.8, 4) is 0 Å². The maximum absolute atomic E-state index is 14.3. The van der Waals surface area contributed by atoms with Gasteiger partial charge in [0.25, 0.3) is 0 Å². The molecule has 3 aromatic rings. The number of halogens is 6. The number of ether oxygens (including phenoxy) is 2. The average Bonchev–Trinajstić information content (AvgIpc) is 3.32. The van der Waals surface area contributed by atoms with Gasteiger partial charge in [0.2, 0.25) is 9.84 Å². The average molecular weight is 651 g/mol. The quantitative estimate of drug-likeness (QED) is 0.166. The van der Waals surface area contributed by atoms with Crippen LogP contribution < -0.4 is 0 Å². The highest BCUT2D eigenvalue weighted by molar-refractivity contribution is 7.95. The van der Waals surface area contributed by atoms with Gasteiger partial charge in [-0.2, -0.15) is 26.3 Å². The summed E-state index contributed by atoms with van der Waals surface area (Å²) in [5.41, 5.74) is -3.90. The number of allylic oxidation sites excluding steroid dienone is 3.